The molecule has 2 heterocycles. The van der Waals surface area contributed by atoms with Gasteiger partial charge in [0.05, 0.1) is 24.6 Å². The van der Waals surface area contributed by atoms with Crippen LogP contribution >= 0.6 is 0 Å². The lowest BCUT2D eigenvalue weighted by atomic mass is 9.93. The van der Waals surface area contributed by atoms with Gasteiger partial charge in [-0.3, -0.25) is 4.79 Å². The monoisotopic (exact) mass is 294 g/mol. The average molecular weight is 294 g/mol. The van der Waals surface area contributed by atoms with E-state index in [-0.39, 0.29) is 43.9 Å². The maximum absolute atomic E-state index is 12.6. The fourth-order valence-electron chi connectivity index (χ4n) is 3.11. The zero-order valence-corrected chi connectivity index (χ0v) is 11.5. The summed E-state index contributed by atoms with van der Waals surface area (Å²) in [5.74, 6) is -1.30. The molecule has 0 saturated carbocycles. The van der Waals surface area contributed by atoms with Gasteiger partial charge in [-0.05, 0) is 25.2 Å². The van der Waals surface area contributed by atoms with E-state index in [1.807, 2.05) is 6.92 Å². The predicted octanol–water partition coefficient (Wildman–Crippen LogP) is 1.15. The van der Waals surface area contributed by atoms with Crippen molar-refractivity contribution < 1.29 is 23.1 Å². The van der Waals surface area contributed by atoms with Gasteiger partial charge in [0.25, 0.3) is 0 Å². The number of nitrogens with one attached hydrogen (secondary N) is 1. The number of aliphatic hydroxyl groups excluding tert-OH is 1. The van der Waals surface area contributed by atoms with Gasteiger partial charge < -0.3 is 15.3 Å². The minimum absolute atomic E-state index is 0.0138. The highest BCUT2D eigenvalue weighted by Crippen LogP contribution is 2.33. The first-order chi connectivity index (χ1) is 9.34. The summed E-state index contributed by atoms with van der Waals surface area (Å²) in [4.78, 5) is 14.0. The smallest absolute Gasteiger partial charge is 0.393 e. The number of carbonyl (C=O) groups excluding carboxylic acids is 1. The van der Waals surface area contributed by atoms with Crippen molar-refractivity contribution in [3.05, 3.63) is 0 Å². The van der Waals surface area contributed by atoms with Crippen LogP contribution in [-0.2, 0) is 4.79 Å². The van der Waals surface area contributed by atoms with Crippen molar-refractivity contribution in [1.29, 1.82) is 0 Å². The van der Waals surface area contributed by atoms with Crippen LogP contribution in [0.1, 0.15) is 26.2 Å². The fourth-order valence-corrected chi connectivity index (χ4v) is 3.11. The topological polar surface area (TPSA) is 52.6 Å². The number of carbonyl (C=O) groups is 1. The molecule has 0 aliphatic carbocycles. The number of rotatable bonds is 2. The number of likely N-dealkylation sites (tertiary alicyclic amines) is 1. The SMILES string of the molecule is CC1CCN(C(=O)C2CCC(C(F)(F)F)CN2)C1CO. The Hall–Kier alpha value is -0.820. The number of piperidine rings is 1. The van der Waals surface area contributed by atoms with Gasteiger partial charge in [-0.1, -0.05) is 6.92 Å². The summed E-state index contributed by atoms with van der Waals surface area (Å²) < 4.78 is 37.7. The molecule has 1 amide bonds. The second-order valence-corrected chi connectivity index (χ2v) is 5.82. The Balaban J connectivity index is 1.92. The van der Waals surface area contributed by atoms with E-state index in [4.69, 9.17) is 0 Å². The molecule has 4 unspecified atom stereocenters. The van der Waals surface area contributed by atoms with Crippen molar-refractivity contribution in [3.8, 4) is 0 Å². The Labute approximate surface area is 116 Å². The van der Waals surface area contributed by atoms with Gasteiger partial charge in [0.1, 0.15) is 0 Å². The van der Waals surface area contributed by atoms with E-state index in [0.717, 1.165) is 6.42 Å². The summed E-state index contributed by atoms with van der Waals surface area (Å²) in [7, 11) is 0. The quantitative estimate of drug-likeness (QED) is 0.803. The third kappa shape index (κ3) is 3.09. The molecule has 0 aromatic carbocycles. The van der Waals surface area contributed by atoms with Gasteiger partial charge in [-0.2, -0.15) is 13.2 Å². The first-order valence-electron chi connectivity index (χ1n) is 7.06. The number of nitrogens with zero attached hydrogens (tertiary/aromatic N) is 1. The summed E-state index contributed by atoms with van der Waals surface area (Å²) in [6.45, 7) is 2.26. The molecule has 2 aliphatic rings. The van der Waals surface area contributed by atoms with Crippen molar-refractivity contribution in [1.82, 2.24) is 10.2 Å². The Morgan fingerprint density at radius 1 is 1.35 bits per heavy atom. The highest BCUT2D eigenvalue weighted by molar-refractivity contribution is 5.82. The van der Waals surface area contributed by atoms with E-state index >= 15 is 0 Å². The molecule has 0 radical (unpaired) electrons. The Bertz CT molecular complexity index is 354. The number of hydrogen-bond acceptors (Lipinski definition) is 3. The lowest BCUT2D eigenvalue weighted by Crippen LogP contribution is -2.54. The highest BCUT2D eigenvalue weighted by Gasteiger charge is 2.44. The van der Waals surface area contributed by atoms with E-state index in [1.165, 1.54) is 0 Å². The van der Waals surface area contributed by atoms with Crippen LogP contribution < -0.4 is 5.32 Å². The minimum atomic E-state index is -4.20. The molecule has 7 heteroatoms. The van der Waals surface area contributed by atoms with Crippen molar-refractivity contribution in [3.63, 3.8) is 0 Å². The van der Waals surface area contributed by atoms with Crippen LogP contribution in [0.5, 0.6) is 0 Å². The van der Waals surface area contributed by atoms with Crippen LogP contribution in [-0.4, -0.2) is 53.9 Å². The maximum Gasteiger partial charge on any atom is 0.393 e. The van der Waals surface area contributed by atoms with Gasteiger partial charge in [-0.15, -0.1) is 0 Å². The molecule has 2 aliphatic heterocycles. The molecule has 2 saturated heterocycles. The number of amides is 1. The van der Waals surface area contributed by atoms with Gasteiger partial charge in [0.2, 0.25) is 5.91 Å². The van der Waals surface area contributed by atoms with Crippen LogP contribution in [0.2, 0.25) is 0 Å². The number of hydrogen-bond donors (Lipinski definition) is 2. The zero-order valence-electron chi connectivity index (χ0n) is 11.5. The molecule has 2 fully saturated rings. The van der Waals surface area contributed by atoms with Crippen molar-refractivity contribution >= 4 is 5.91 Å². The summed E-state index contributed by atoms with van der Waals surface area (Å²) >= 11 is 0. The Morgan fingerprint density at radius 3 is 2.55 bits per heavy atom. The van der Waals surface area contributed by atoms with E-state index in [2.05, 4.69) is 5.32 Å². The molecule has 20 heavy (non-hydrogen) atoms. The number of aliphatic hydroxyl groups is 1. The number of alkyl halides is 3. The van der Waals surface area contributed by atoms with Crippen molar-refractivity contribution in [2.24, 2.45) is 11.8 Å². The van der Waals surface area contributed by atoms with E-state index < -0.39 is 18.1 Å². The molecular weight excluding hydrogens is 273 g/mol. The molecule has 0 aromatic heterocycles. The van der Waals surface area contributed by atoms with Crippen LogP contribution in [0, 0.1) is 11.8 Å². The van der Waals surface area contributed by atoms with E-state index in [9.17, 15) is 23.1 Å². The molecule has 4 atom stereocenters. The minimum Gasteiger partial charge on any atom is -0.394 e. The van der Waals surface area contributed by atoms with Crippen molar-refractivity contribution in [2.45, 2.75) is 44.4 Å². The molecule has 2 rings (SSSR count). The fraction of sp³-hybridized carbons (Fsp3) is 0.923. The van der Waals surface area contributed by atoms with Gasteiger partial charge >= 0.3 is 6.18 Å². The Morgan fingerprint density at radius 2 is 2.05 bits per heavy atom. The highest BCUT2D eigenvalue weighted by atomic mass is 19.4. The normalized spacial score (nSPS) is 35.4. The molecule has 116 valence electrons. The first-order valence-corrected chi connectivity index (χ1v) is 7.06. The largest absolute Gasteiger partial charge is 0.394 e. The van der Waals surface area contributed by atoms with Crippen LogP contribution in [0.4, 0.5) is 13.2 Å². The second kappa shape index (κ2) is 5.89. The molecule has 0 bridgehead atoms. The molecule has 0 spiro atoms. The lowest BCUT2D eigenvalue weighted by molar-refractivity contribution is -0.180. The summed E-state index contributed by atoms with van der Waals surface area (Å²) in [6, 6.07) is -0.752. The molecule has 4 nitrogen and oxygen atoms in total. The van der Waals surface area contributed by atoms with E-state index in [0.29, 0.717) is 6.54 Å². The second-order valence-electron chi connectivity index (χ2n) is 5.82. The zero-order chi connectivity index (χ0) is 14.9. The van der Waals surface area contributed by atoms with Crippen LogP contribution in [0.25, 0.3) is 0 Å². The maximum atomic E-state index is 12.6. The molecule has 0 aromatic rings. The Kier molecular flexibility index (Phi) is 4.59. The summed E-state index contributed by atoms with van der Waals surface area (Å²) in [5.41, 5.74) is 0. The third-order valence-corrected chi connectivity index (χ3v) is 4.53. The predicted molar refractivity (Wildman–Crippen MR) is 66.9 cm³/mol. The molecule has 2 N–H and O–H groups in total. The van der Waals surface area contributed by atoms with Gasteiger partial charge in [-0.25, -0.2) is 0 Å². The molecular formula is C13H21F3N2O2. The van der Waals surface area contributed by atoms with Crippen molar-refractivity contribution in [2.75, 3.05) is 19.7 Å². The van der Waals surface area contributed by atoms with E-state index in [1.54, 1.807) is 4.90 Å². The average Bonchev–Trinajstić information content (AvgIpc) is 2.78. The standard InChI is InChI=1S/C13H21F3N2O2/c1-8-4-5-18(11(8)7-19)12(20)10-3-2-9(6-17-10)13(14,15)16/h8-11,17,19H,2-7H2,1H3. The van der Waals surface area contributed by atoms with Crippen LogP contribution in [0.3, 0.4) is 0 Å². The van der Waals surface area contributed by atoms with Crippen LogP contribution in [0.15, 0.2) is 0 Å². The summed E-state index contributed by atoms with van der Waals surface area (Å²) in [6.07, 6.45) is -3.18. The lowest BCUT2D eigenvalue weighted by Gasteiger charge is -2.34. The van der Waals surface area contributed by atoms with Gasteiger partial charge in [0.15, 0.2) is 0 Å². The third-order valence-electron chi connectivity index (χ3n) is 4.53. The summed E-state index contributed by atoms with van der Waals surface area (Å²) in [5, 5.41) is 12.1. The number of halogens is 3. The van der Waals surface area contributed by atoms with Gasteiger partial charge in [0, 0.05) is 13.1 Å². The first kappa shape index (κ1) is 15.6.